The largest absolute Gasteiger partial charge is 0.338 e. The molecule has 1 saturated heterocycles. The third-order valence-electron chi connectivity index (χ3n) is 4.51. The predicted molar refractivity (Wildman–Crippen MR) is 98.0 cm³/mol. The Bertz CT molecular complexity index is 790. The first-order valence-corrected chi connectivity index (χ1v) is 9.39. The Morgan fingerprint density at radius 2 is 1.65 bits per heavy atom. The van der Waals surface area contributed by atoms with E-state index in [1.165, 1.54) is 0 Å². The Balaban J connectivity index is 1.62. The van der Waals surface area contributed by atoms with Crippen LogP contribution in [0.5, 0.6) is 0 Å². The minimum absolute atomic E-state index is 0.162. The predicted octanol–water partition coefficient (Wildman–Crippen LogP) is 1.34. The highest BCUT2D eigenvalue weighted by Crippen LogP contribution is 2.26. The SMILES string of the molecule is CC(Cl)C(=O)N1CCN(C(=O)CN2C(=O)c3ccc(Br)cc3C2=O)CC1. The topological polar surface area (TPSA) is 78.0 Å². The van der Waals surface area contributed by atoms with Crippen molar-refractivity contribution in [2.75, 3.05) is 32.7 Å². The van der Waals surface area contributed by atoms with Gasteiger partial charge in [-0.2, -0.15) is 0 Å². The highest BCUT2D eigenvalue weighted by Gasteiger charge is 2.38. The van der Waals surface area contributed by atoms with E-state index in [0.29, 0.717) is 41.8 Å². The first-order chi connectivity index (χ1) is 12.3. The number of nitrogens with zero attached hydrogens (tertiary/aromatic N) is 3. The van der Waals surface area contributed by atoms with E-state index in [1.54, 1.807) is 34.9 Å². The molecule has 0 aromatic heterocycles. The summed E-state index contributed by atoms with van der Waals surface area (Å²) in [6, 6.07) is 4.84. The van der Waals surface area contributed by atoms with Crippen LogP contribution < -0.4 is 0 Å². The molecule has 4 amide bonds. The minimum Gasteiger partial charge on any atom is -0.338 e. The number of benzene rings is 1. The molecule has 0 N–H and O–H groups in total. The van der Waals surface area contributed by atoms with Crippen LogP contribution in [0.1, 0.15) is 27.6 Å². The van der Waals surface area contributed by atoms with Gasteiger partial charge in [0.1, 0.15) is 11.9 Å². The average Bonchev–Trinajstić information content (AvgIpc) is 2.85. The summed E-state index contributed by atoms with van der Waals surface area (Å²) < 4.78 is 0.694. The molecule has 9 heteroatoms. The summed E-state index contributed by atoms with van der Waals surface area (Å²) in [5.41, 5.74) is 0.598. The number of piperazine rings is 1. The number of fused-ring (bicyclic) bond motifs is 1. The Labute approximate surface area is 164 Å². The van der Waals surface area contributed by atoms with E-state index in [2.05, 4.69) is 15.9 Å². The molecule has 26 heavy (non-hydrogen) atoms. The number of alkyl halides is 1. The summed E-state index contributed by atoms with van der Waals surface area (Å²) in [6.45, 7) is 2.78. The molecule has 1 aromatic carbocycles. The number of imide groups is 1. The van der Waals surface area contributed by atoms with Gasteiger partial charge in [0.25, 0.3) is 11.8 Å². The van der Waals surface area contributed by atoms with Crippen molar-refractivity contribution in [1.82, 2.24) is 14.7 Å². The second kappa shape index (κ2) is 7.36. The third kappa shape index (κ3) is 3.48. The van der Waals surface area contributed by atoms with Crippen LogP contribution in [0.25, 0.3) is 0 Å². The van der Waals surface area contributed by atoms with Crippen LogP contribution in [-0.4, -0.2) is 76.4 Å². The molecule has 7 nitrogen and oxygen atoms in total. The van der Waals surface area contributed by atoms with Crippen molar-refractivity contribution in [1.29, 1.82) is 0 Å². The molecule has 0 bridgehead atoms. The van der Waals surface area contributed by atoms with Gasteiger partial charge in [0.15, 0.2) is 0 Å². The molecule has 2 heterocycles. The fourth-order valence-corrected chi connectivity index (χ4v) is 3.57. The maximum Gasteiger partial charge on any atom is 0.262 e. The number of amides is 4. The van der Waals surface area contributed by atoms with Gasteiger partial charge in [-0.15, -0.1) is 11.6 Å². The van der Waals surface area contributed by atoms with E-state index < -0.39 is 17.2 Å². The molecule has 1 fully saturated rings. The zero-order valence-corrected chi connectivity index (χ0v) is 16.4. The molecule has 0 spiro atoms. The van der Waals surface area contributed by atoms with Gasteiger partial charge in [-0.05, 0) is 25.1 Å². The lowest BCUT2D eigenvalue weighted by atomic mass is 10.1. The van der Waals surface area contributed by atoms with Gasteiger partial charge in [0, 0.05) is 30.7 Å². The number of rotatable bonds is 3. The van der Waals surface area contributed by atoms with E-state index in [-0.39, 0.29) is 18.4 Å². The molecule has 3 rings (SSSR count). The van der Waals surface area contributed by atoms with Crippen LogP contribution in [-0.2, 0) is 9.59 Å². The fourth-order valence-electron chi connectivity index (χ4n) is 3.07. The summed E-state index contributed by atoms with van der Waals surface area (Å²) >= 11 is 9.08. The molecule has 2 aliphatic heterocycles. The summed E-state index contributed by atoms with van der Waals surface area (Å²) in [4.78, 5) is 53.4. The highest BCUT2D eigenvalue weighted by molar-refractivity contribution is 9.10. The lowest BCUT2D eigenvalue weighted by molar-refractivity contribution is -0.139. The molecule has 0 aliphatic carbocycles. The molecule has 2 aliphatic rings. The molecule has 0 radical (unpaired) electrons. The van der Waals surface area contributed by atoms with Crippen molar-refractivity contribution in [2.45, 2.75) is 12.3 Å². The lowest BCUT2D eigenvalue weighted by Gasteiger charge is -2.35. The summed E-state index contributed by atoms with van der Waals surface area (Å²) in [6.07, 6.45) is 0. The van der Waals surface area contributed by atoms with Gasteiger partial charge in [-0.3, -0.25) is 24.1 Å². The zero-order valence-electron chi connectivity index (χ0n) is 14.1. The van der Waals surface area contributed by atoms with E-state index in [1.807, 2.05) is 0 Å². The first kappa shape index (κ1) is 18.8. The van der Waals surface area contributed by atoms with Crippen LogP contribution in [0.4, 0.5) is 0 Å². The maximum absolute atomic E-state index is 12.5. The Morgan fingerprint density at radius 1 is 1.08 bits per heavy atom. The van der Waals surface area contributed by atoms with Crippen LogP contribution in [0, 0.1) is 0 Å². The molecule has 0 saturated carbocycles. The minimum atomic E-state index is -0.602. The van der Waals surface area contributed by atoms with Gasteiger partial charge in [-0.25, -0.2) is 0 Å². The quantitative estimate of drug-likeness (QED) is 0.523. The number of carbonyl (C=O) groups is 4. The van der Waals surface area contributed by atoms with Crippen LogP contribution >= 0.6 is 27.5 Å². The van der Waals surface area contributed by atoms with E-state index in [4.69, 9.17) is 11.6 Å². The molecule has 1 atom stereocenters. The smallest absolute Gasteiger partial charge is 0.262 e. The van der Waals surface area contributed by atoms with Crippen molar-refractivity contribution < 1.29 is 19.2 Å². The van der Waals surface area contributed by atoms with Crippen molar-refractivity contribution in [3.05, 3.63) is 33.8 Å². The lowest BCUT2D eigenvalue weighted by Crippen LogP contribution is -2.54. The van der Waals surface area contributed by atoms with Crippen LogP contribution in [0.3, 0.4) is 0 Å². The highest BCUT2D eigenvalue weighted by atomic mass is 79.9. The number of hydrogen-bond acceptors (Lipinski definition) is 4. The average molecular weight is 443 g/mol. The number of hydrogen-bond donors (Lipinski definition) is 0. The second-order valence-electron chi connectivity index (χ2n) is 6.21. The molecule has 1 unspecified atom stereocenters. The van der Waals surface area contributed by atoms with Crippen molar-refractivity contribution in [2.24, 2.45) is 0 Å². The van der Waals surface area contributed by atoms with Gasteiger partial charge >= 0.3 is 0 Å². The summed E-state index contributed by atoms with van der Waals surface area (Å²) in [5, 5.41) is -0.602. The standard InChI is InChI=1S/C17H17BrClN3O4/c1-10(19)15(24)21-6-4-20(5-7-21)14(23)9-22-16(25)12-3-2-11(18)8-13(12)17(22)26/h2-3,8,10H,4-7,9H2,1H3. The van der Waals surface area contributed by atoms with Crippen molar-refractivity contribution in [3.63, 3.8) is 0 Å². The summed E-state index contributed by atoms with van der Waals surface area (Å²) in [7, 11) is 0. The van der Waals surface area contributed by atoms with Gasteiger partial charge in [0.2, 0.25) is 11.8 Å². The normalized spacial score (nSPS) is 18.2. The van der Waals surface area contributed by atoms with E-state index >= 15 is 0 Å². The number of carbonyl (C=O) groups excluding carboxylic acids is 4. The van der Waals surface area contributed by atoms with E-state index in [9.17, 15) is 19.2 Å². The Morgan fingerprint density at radius 3 is 2.27 bits per heavy atom. The monoisotopic (exact) mass is 441 g/mol. The first-order valence-electron chi connectivity index (χ1n) is 8.16. The molecular formula is C17H17BrClN3O4. The maximum atomic E-state index is 12.5. The van der Waals surface area contributed by atoms with Crippen LogP contribution in [0.15, 0.2) is 22.7 Å². The molecule has 1 aromatic rings. The second-order valence-corrected chi connectivity index (χ2v) is 7.78. The van der Waals surface area contributed by atoms with E-state index in [0.717, 1.165) is 4.90 Å². The van der Waals surface area contributed by atoms with Crippen molar-refractivity contribution >= 4 is 51.2 Å². The fraction of sp³-hybridized carbons (Fsp3) is 0.412. The van der Waals surface area contributed by atoms with Crippen LogP contribution in [0.2, 0.25) is 0 Å². The Hall–Kier alpha value is -1.93. The summed E-state index contributed by atoms with van der Waals surface area (Å²) in [5.74, 6) is -1.41. The van der Waals surface area contributed by atoms with Gasteiger partial charge in [0.05, 0.1) is 11.1 Å². The Kier molecular flexibility index (Phi) is 5.34. The molecule has 138 valence electrons. The van der Waals surface area contributed by atoms with Gasteiger partial charge in [-0.1, -0.05) is 15.9 Å². The zero-order chi connectivity index (χ0) is 19.0. The van der Waals surface area contributed by atoms with Crippen molar-refractivity contribution in [3.8, 4) is 0 Å². The third-order valence-corrected chi connectivity index (χ3v) is 5.19. The molecular weight excluding hydrogens is 426 g/mol. The van der Waals surface area contributed by atoms with Gasteiger partial charge < -0.3 is 9.80 Å². The number of halogens is 2.